The van der Waals surface area contributed by atoms with Crippen LogP contribution in [0.15, 0.2) is 18.2 Å². The van der Waals surface area contributed by atoms with Crippen molar-refractivity contribution < 1.29 is 22.7 Å². The number of nitrogens with one attached hydrogen (secondary N) is 1. The zero-order valence-electron chi connectivity index (χ0n) is 18.2. The number of methoxy groups -OCH3 is 1. The van der Waals surface area contributed by atoms with Crippen molar-refractivity contribution in [2.24, 2.45) is 11.1 Å². The molecule has 0 aliphatic heterocycles. The van der Waals surface area contributed by atoms with E-state index in [1.165, 1.54) is 13.2 Å². The molecule has 0 amide bonds. The van der Waals surface area contributed by atoms with Crippen LogP contribution in [0.2, 0.25) is 0 Å². The van der Waals surface area contributed by atoms with Gasteiger partial charge in [-0.05, 0) is 29.9 Å². The predicted molar refractivity (Wildman–Crippen MR) is 116 cm³/mol. The molecule has 31 heavy (non-hydrogen) atoms. The quantitative estimate of drug-likeness (QED) is 0.467. The number of primary sulfonamides is 1. The summed E-state index contributed by atoms with van der Waals surface area (Å²) in [5.41, 5.74) is 0.455. The number of nitrogens with two attached hydrogens (primary N) is 1. The van der Waals surface area contributed by atoms with E-state index in [0.717, 1.165) is 0 Å². The van der Waals surface area contributed by atoms with Crippen molar-refractivity contribution in [1.82, 2.24) is 15.0 Å². The van der Waals surface area contributed by atoms with Crippen LogP contribution >= 0.6 is 0 Å². The number of aromatic nitrogens is 3. The summed E-state index contributed by atoms with van der Waals surface area (Å²) >= 11 is 0. The van der Waals surface area contributed by atoms with Gasteiger partial charge in [0.2, 0.25) is 16.0 Å². The highest BCUT2D eigenvalue weighted by Gasteiger charge is 2.19. The molecule has 1 aromatic heterocycles. The molecule has 0 spiro atoms. The Hall–Kier alpha value is -2.37. The van der Waals surface area contributed by atoms with E-state index in [1.54, 1.807) is 12.1 Å². The topological polar surface area (TPSA) is 140 Å². The number of hydrogen-bond donors (Lipinski definition) is 3. The van der Waals surface area contributed by atoms with E-state index in [0.29, 0.717) is 29.5 Å². The average molecular weight is 456 g/mol. The van der Waals surface area contributed by atoms with Gasteiger partial charge in [-0.15, -0.1) is 0 Å². The zero-order chi connectivity index (χ0) is 23.2. The Morgan fingerprint density at radius 2 is 1.87 bits per heavy atom. The van der Waals surface area contributed by atoms with Crippen molar-refractivity contribution >= 4 is 16.0 Å². The van der Waals surface area contributed by atoms with Crippen LogP contribution in [0.1, 0.15) is 50.3 Å². The lowest BCUT2D eigenvalue weighted by molar-refractivity contribution is 0.259. The molecule has 0 fully saturated rings. The Morgan fingerprint density at radius 3 is 2.42 bits per heavy atom. The van der Waals surface area contributed by atoms with E-state index in [2.05, 4.69) is 20.3 Å². The van der Waals surface area contributed by atoms with Crippen molar-refractivity contribution in [2.45, 2.75) is 51.3 Å². The summed E-state index contributed by atoms with van der Waals surface area (Å²) in [6, 6.07) is 4.29. The highest BCUT2D eigenvalue weighted by atomic mass is 32.2. The smallest absolute Gasteiger partial charge is 0.226 e. The zero-order valence-corrected chi connectivity index (χ0v) is 19.0. The number of hydrogen-bond acceptors (Lipinski definition) is 8. The molecule has 4 N–H and O–H groups in total. The van der Waals surface area contributed by atoms with Gasteiger partial charge in [-0.1, -0.05) is 26.8 Å². The molecule has 0 aliphatic rings. The van der Waals surface area contributed by atoms with E-state index in [9.17, 15) is 17.9 Å². The van der Waals surface area contributed by atoms with Gasteiger partial charge in [0, 0.05) is 12.5 Å². The van der Waals surface area contributed by atoms with Crippen LogP contribution in [0.4, 0.5) is 10.3 Å². The third-order valence-electron chi connectivity index (χ3n) is 4.60. The Labute approximate surface area is 182 Å². The van der Waals surface area contributed by atoms with Crippen LogP contribution in [0.25, 0.3) is 0 Å². The Bertz CT molecular complexity index is 988. The van der Waals surface area contributed by atoms with Gasteiger partial charge in [-0.25, -0.2) is 22.9 Å². The van der Waals surface area contributed by atoms with Crippen molar-refractivity contribution in [3.63, 3.8) is 0 Å². The molecule has 2 rings (SSSR count). The minimum absolute atomic E-state index is 0.0151. The van der Waals surface area contributed by atoms with Gasteiger partial charge in [0.25, 0.3) is 0 Å². The highest BCUT2D eigenvalue weighted by molar-refractivity contribution is 7.88. The summed E-state index contributed by atoms with van der Waals surface area (Å²) in [6.07, 6.45) is 0.904. The average Bonchev–Trinajstić information content (AvgIpc) is 2.65. The molecule has 0 aliphatic carbocycles. The third kappa shape index (κ3) is 8.00. The van der Waals surface area contributed by atoms with Gasteiger partial charge in [-0.3, -0.25) is 0 Å². The lowest BCUT2D eigenvalue weighted by Gasteiger charge is -2.19. The predicted octanol–water partition coefficient (Wildman–Crippen LogP) is 1.97. The number of ether oxygens (including phenoxy) is 1. The lowest BCUT2D eigenvalue weighted by Crippen LogP contribution is -2.28. The van der Waals surface area contributed by atoms with E-state index < -0.39 is 21.6 Å². The molecular weight excluding hydrogens is 425 g/mol. The molecule has 2 aromatic rings. The first-order chi connectivity index (χ1) is 14.5. The molecule has 0 bridgehead atoms. The van der Waals surface area contributed by atoms with Crippen molar-refractivity contribution in [1.29, 1.82) is 0 Å². The summed E-state index contributed by atoms with van der Waals surface area (Å²) < 4.78 is 42.6. The second-order valence-electron chi connectivity index (χ2n) is 7.94. The number of nitrogens with zero attached hydrogens (tertiary/aromatic N) is 3. The fraction of sp³-hybridized carbons (Fsp3) is 0.550. The molecule has 11 heteroatoms. The standard InChI is InChI=1S/C20H30FN5O4S/c1-12(2)7-14(10-27)23-20-25-18(24-19(26-20)11-31(22,28)29)8-13(3)16-6-5-15(30-4)9-17(16)21/h5-6,9,12-14,27H,7-8,10-11H2,1-4H3,(H2,22,28,29)(H,23,24,25,26)/t13-,14+/m0/s1. The van der Waals surface area contributed by atoms with Crippen LogP contribution in [0.5, 0.6) is 5.75 Å². The summed E-state index contributed by atoms with van der Waals surface area (Å²) in [6.45, 7) is 5.70. The van der Waals surface area contributed by atoms with E-state index in [-0.39, 0.29) is 36.8 Å². The van der Waals surface area contributed by atoms with Crippen LogP contribution in [-0.2, 0) is 22.2 Å². The minimum atomic E-state index is -3.86. The Morgan fingerprint density at radius 1 is 1.19 bits per heavy atom. The van der Waals surface area contributed by atoms with Crippen molar-refractivity contribution in [3.05, 3.63) is 41.2 Å². The SMILES string of the molecule is COc1ccc([C@@H](C)Cc2nc(CS(N)(=O)=O)nc(N[C@@H](CO)CC(C)C)n2)c(F)c1. The number of sulfonamides is 1. The highest BCUT2D eigenvalue weighted by Crippen LogP contribution is 2.25. The summed E-state index contributed by atoms with van der Waals surface area (Å²) in [5, 5.41) is 17.8. The van der Waals surface area contributed by atoms with Crippen molar-refractivity contribution in [3.8, 4) is 5.75 Å². The first kappa shape index (κ1) is 24.9. The summed E-state index contributed by atoms with van der Waals surface area (Å²) in [5.74, 6) is -0.126. The van der Waals surface area contributed by atoms with Gasteiger partial charge in [0.05, 0.1) is 19.8 Å². The number of halogens is 1. The Balaban J connectivity index is 2.33. The second-order valence-corrected chi connectivity index (χ2v) is 9.56. The molecule has 0 radical (unpaired) electrons. The normalized spacial score (nSPS) is 13.8. The van der Waals surface area contributed by atoms with Gasteiger partial charge in [0.1, 0.15) is 23.1 Å². The largest absolute Gasteiger partial charge is 0.497 e. The molecule has 0 saturated carbocycles. The molecule has 2 atom stereocenters. The molecule has 0 saturated heterocycles. The first-order valence-electron chi connectivity index (χ1n) is 9.95. The monoisotopic (exact) mass is 455 g/mol. The van der Waals surface area contributed by atoms with Crippen LogP contribution in [0, 0.1) is 11.7 Å². The molecular formula is C20H30FN5O4S. The van der Waals surface area contributed by atoms with E-state index in [1.807, 2.05) is 20.8 Å². The van der Waals surface area contributed by atoms with E-state index in [4.69, 9.17) is 9.88 Å². The maximum atomic E-state index is 14.4. The number of benzene rings is 1. The maximum Gasteiger partial charge on any atom is 0.226 e. The third-order valence-corrected chi connectivity index (χ3v) is 5.26. The molecule has 172 valence electrons. The molecule has 0 unspecified atom stereocenters. The fourth-order valence-corrected chi connectivity index (χ4v) is 3.71. The number of aliphatic hydroxyl groups is 1. The van der Waals surface area contributed by atoms with Gasteiger partial charge >= 0.3 is 0 Å². The van der Waals surface area contributed by atoms with Gasteiger partial charge in [-0.2, -0.15) is 9.97 Å². The van der Waals surface area contributed by atoms with E-state index >= 15 is 0 Å². The number of rotatable bonds is 11. The molecule has 1 aromatic carbocycles. The lowest BCUT2D eigenvalue weighted by atomic mass is 9.97. The summed E-state index contributed by atoms with van der Waals surface area (Å²) in [7, 11) is -2.40. The van der Waals surface area contributed by atoms with Crippen molar-refractivity contribution in [2.75, 3.05) is 19.0 Å². The fourth-order valence-electron chi connectivity index (χ4n) is 3.22. The van der Waals surface area contributed by atoms with Crippen LogP contribution in [0.3, 0.4) is 0 Å². The number of anilines is 1. The number of aliphatic hydroxyl groups excluding tert-OH is 1. The minimum Gasteiger partial charge on any atom is -0.497 e. The summed E-state index contributed by atoms with van der Waals surface area (Å²) in [4.78, 5) is 12.7. The van der Waals surface area contributed by atoms with Crippen LogP contribution < -0.4 is 15.2 Å². The van der Waals surface area contributed by atoms with Crippen LogP contribution in [-0.4, -0.2) is 48.2 Å². The van der Waals surface area contributed by atoms with Gasteiger partial charge < -0.3 is 15.2 Å². The molecule has 9 nitrogen and oxygen atoms in total. The van der Waals surface area contributed by atoms with Gasteiger partial charge in [0.15, 0.2) is 5.82 Å². The first-order valence-corrected chi connectivity index (χ1v) is 11.7. The maximum absolute atomic E-state index is 14.4. The molecule has 1 heterocycles. The second kappa shape index (κ2) is 10.8. The Kier molecular flexibility index (Phi) is 8.66.